The van der Waals surface area contributed by atoms with Gasteiger partial charge in [0.2, 0.25) is 5.60 Å². The number of nitrogens with zero attached hydrogens (tertiary/aromatic N) is 1. The Morgan fingerprint density at radius 1 is 1.19 bits per heavy atom. The van der Waals surface area contributed by atoms with E-state index in [1.807, 2.05) is 0 Å². The fourth-order valence-electron chi connectivity index (χ4n) is 1.68. The minimum absolute atomic E-state index is 0.113. The maximum absolute atomic E-state index is 13.6. The first kappa shape index (κ1) is 14.8. The van der Waals surface area contributed by atoms with Crippen LogP contribution in [-0.2, 0) is 10.4 Å². The molecule has 0 aliphatic rings. The molecule has 4 nitrogen and oxygen atoms in total. The minimum Gasteiger partial charge on any atom is -0.468 e. The molecule has 0 aliphatic heterocycles. The quantitative estimate of drug-likeness (QED) is 0.880. The summed E-state index contributed by atoms with van der Waals surface area (Å²) in [6.07, 6.45) is 1.39. The third-order valence-corrected chi connectivity index (χ3v) is 2.91. The lowest BCUT2D eigenvalue weighted by Crippen LogP contribution is -2.44. The standard InChI is InChI=1S/C14H11F3N2O2/c1-14(13(18)20,12-4-2-3-5-19-12)21-11-7-9(16)8(15)6-10(11)17/h2-7H,1H3,(H2,18,20). The SMILES string of the molecule is CC(Oc1cc(F)c(F)cc1F)(C(N)=O)c1ccccn1. The molecule has 0 saturated heterocycles. The summed E-state index contributed by atoms with van der Waals surface area (Å²) in [5.74, 6) is -5.42. The Kier molecular flexibility index (Phi) is 3.84. The Hall–Kier alpha value is -2.57. The van der Waals surface area contributed by atoms with Gasteiger partial charge >= 0.3 is 0 Å². The number of carbonyl (C=O) groups excluding carboxylic acids is 1. The van der Waals surface area contributed by atoms with Crippen molar-refractivity contribution < 1.29 is 22.7 Å². The highest BCUT2D eigenvalue weighted by Crippen LogP contribution is 2.29. The average Bonchev–Trinajstić information content (AvgIpc) is 2.45. The van der Waals surface area contributed by atoms with Gasteiger partial charge in [0.15, 0.2) is 23.2 Å². The number of halogens is 3. The summed E-state index contributed by atoms with van der Waals surface area (Å²) in [6.45, 7) is 1.26. The van der Waals surface area contributed by atoms with Crippen LogP contribution in [0.3, 0.4) is 0 Å². The molecule has 2 aromatic rings. The number of ether oxygens (including phenoxy) is 1. The second-order valence-corrected chi connectivity index (χ2v) is 4.41. The summed E-state index contributed by atoms with van der Waals surface area (Å²) in [5.41, 5.74) is 3.56. The van der Waals surface area contributed by atoms with Crippen molar-refractivity contribution in [1.82, 2.24) is 4.98 Å². The summed E-state index contributed by atoms with van der Waals surface area (Å²) in [5, 5.41) is 0. The van der Waals surface area contributed by atoms with Gasteiger partial charge in [0.25, 0.3) is 5.91 Å². The van der Waals surface area contributed by atoms with Gasteiger partial charge in [-0.15, -0.1) is 0 Å². The van der Waals surface area contributed by atoms with Crippen LogP contribution in [0.5, 0.6) is 5.75 Å². The number of nitrogens with two attached hydrogens (primary N) is 1. The van der Waals surface area contributed by atoms with Gasteiger partial charge in [0.1, 0.15) is 0 Å². The highest BCUT2D eigenvalue weighted by Gasteiger charge is 2.38. The molecule has 1 aromatic heterocycles. The predicted octanol–water partition coefficient (Wildman–Crippen LogP) is 2.28. The molecule has 1 aromatic carbocycles. The lowest BCUT2D eigenvalue weighted by atomic mass is 10.0. The zero-order valence-electron chi connectivity index (χ0n) is 10.9. The third-order valence-electron chi connectivity index (χ3n) is 2.91. The normalized spacial score (nSPS) is 13.5. The smallest absolute Gasteiger partial charge is 0.267 e. The van der Waals surface area contributed by atoms with E-state index < -0.39 is 34.7 Å². The molecule has 1 heterocycles. The molecular weight excluding hydrogens is 285 g/mol. The number of pyridine rings is 1. The van der Waals surface area contributed by atoms with Gasteiger partial charge in [-0.2, -0.15) is 0 Å². The summed E-state index contributed by atoms with van der Waals surface area (Å²) >= 11 is 0. The maximum Gasteiger partial charge on any atom is 0.267 e. The van der Waals surface area contributed by atoms with Crippen LogP contribution in [0.25, 0.3) is 0 Å². The number of amides is 1. The van der Waals surface area contributed by atoms with Crippen molar-refractivity contribution in [1.29, 1.82) is 0 Å². The van der Waals surface area contributed by atoms with Crippen molar-refractivity contribution in [2.75, 3.05) is 0 Å². The van der Waals surface area contributed by atoms with Crippen molar-refractivity contribution >= 4 is 5.91 Å². The van der Waals surface area contributed by atoms with Crippen molar-refractivity contribution in [3.8, 4) is 5.75 Å². The lowest BCUT2D eigenvalue weighted by molar-refractivity contribution is -0.133. The van der Waals surface area contributed by atoms with E-state index in [0.29, 0.717) is 12.1 Å². The number of benzene rings is 1. The largest absolute Gasteiger partial charge is 0.468 e. The van der Waals surface area contributed by atoms with E-state index in [0.717, 1.165) is 0 Å². The van der Waals surface area contributed by atoms with Crippen molar-refractivity contribution in [3.63, 3.8) is 0 Å². The fourth-order valence-corrected chi connectivity index (χ4v) is 1.68. The van der Waals surface area contributed by atoms with Gasteiger partial charge < -0.3 is 10.5 Å². The molecule has 2 N–H and O–H groups in total. The van der Waals surface area contributed by atoms with Crippen LogP contribution in [-0.4, -0.2) is 10.9 Å². The Balaban J connectivity index is 2.47. The van der Waals surface area contributed by atoms with Crippen molar-refractivity contribution in [2.24, 2.45) is 5.73 Å². The Bertz CT molecular complexity index is 679. The molecular formula is C14H11F3N2O2. The first-order valence-corrected chi connectivity index (χ1v) is 5.89. The Labute approximate surface area is 118 Å². The Morgan fingerprint density at radius 2 is 1.86 bits per heavy atom. The van der Waals surface area contributed by atoms with E-state index in [1.54, 1.807) is 12.1 Å². The van der Waals surface area contributed by atoms with E-state index in [9.17, 15) is 18.0 Å². The van der Waals surface area contributed by atoms with Gasteiger partial charge in [0, 0.05) is 18.3 Å². The highest BCUT2D eigenvalue weighted by molar-refractivity contribution is 5.84. The monoisotopic (exact) mass is 296 g/mol. The molecule has 21 heavy (non-hydrogen) atoms. The highest BCUT2D eigenvalue weighted by atomic mass is 19.2. The van der Waals surface area contributed by atoms with Gasteiger partial charge in [-0.05, 0) is 19.1 Å². The molecule has 0 spiro atoms. The molecule has 7 heteroatoms. The molecule has 0 saturated carbocycles. The van der Waals surface area contributed by atoms with E-state index in [-0.39, 0.29) is 5.69 Å². The van der Waals surface area contributed by atoms with Crippen LogP contribution in [0.1, 0.15) is 12.6 Å². The second kappa shape index (κ2) is 5.43. The maximum atomic E-state index is 13.6. The van der Waals surface area contributed by atoms with E-state index in [2.05, 4.69) is 4.98 Å². The molecule has 0 fully saturated rings. The summed E-state index contributed by atoms with van der Waals surface area (Å²) in [6, 6.07) is 5.46. The third kappa shape index (κ3) is 2.81. The van der Waals surface area contributed by atoms with Crippen LogP contribution < -0.4 is 10.5 Å². The second-order valence-electron chi connectivity index (χ2n) is 4.41. The van der Waals surface area contributed by atoms with Crippen LogP contribution in [0.15, 0.2) is 36.5 Å². The van der Waals surface area contributed by atoms with E-state index in [4.69, 9.17) is 10.5 Å². The molecule has 2 rings (SSSR count). The van der Waals surface area contributed by atoms with Crippen molar-refractivity contribution in [2.45, 2.75) is 12.5 Å². The van der Waals surface area contributed by atoms with Gasteiger partial charge in [-0.25, -0.2) is 13.2 Å². The van der Waals surface area contributed by atoms with E-state index >= 15 is 0 Å². The lowest BCUT2D eigenvalue weighted by Gasteiger charge is -2.27. The summed E-state index contributed by atoms with van der Waals surface area (Å²) in [7, 11) is 0. The van der Waals surface area contributed by atoms with Crippen LogP contribution >= 0.6 is 0 Å². The van der Waals surface area contributed by atoms with Gasteiger partial charge in [0.05, 0.1) is 5.69 Å². The first-order chi connectivity index (χ1) is 9.84. The minimum atomic E-state index is -1.83. The number of aromatic nitrogens is 1. The molecule has 1 amide bonds. The number of hydrogen-bond donors (Lipinski definition) is 1. The summed E-state index contributed by atoms with van der Waals surface area (Å²) in [4.78, 5) is 15.6. The fraction of sp³-hybridized carbons (Fsp3) is 0.143. The predicted molar refractivity (Wildman–Crippen MR) is 67.7 cm³/mol. The van der Waals surface area contributed by atoms with Gasteiger partial charge in [-0.3, -0.25) is 9.78 Å². The molecule has 110 valence electrons. The van der Waals surface area contributed by atoms with Gasteiger partial charge in [-0.1, -0.05) is 6.07 Å². The van der Waals surface area contributed by atoms with Crippen LogP contribution in [0.2, 0.25) is 0 Å². The number of carbonyl (C=O) groups is 1. The Morgan fingerprint density at radius 3 is 2.43 bits per heavy atom. The topological polar surface area (TPSA) is 65.2 Å². The number of hydrogen-bond acceptors (Lipinski definition) is 3. The summed E-state index contributed by atoms with van der Waals surface area (Å²) < 4.78 is 44.9. The van der Waals surface area contributed by atoms with Crippen LogP contribution in [0, 0.1) is 17.5 Å². The average molecular weight is 296 g/mol. The number of rotatable bonds is 4. The number of primary amides is 1. The molecule has 1 unspecified atom stereocenters. The zero-order valence-corrected chi connectivity index (χ0v) is 10.9. The van der Waals surface area contributed by atoms with Crippen LogP contribution in [0.4, 0.5) is 13.2 Å². The van der Waals surface area contributed by atoms with Crippen molar-refractivity contribution in [3.05, 3.63) is 59.7 Å². The molecule has 1 atom stereocenters. The molecule has 0 aliphatic carbocycles. The zero-order chi connectivity index (χ0) is 15.6. The first-order valence-electron chi connectivity index (χ1n) is 5.89. The molecule has 0 radical (unpaired) electrons. The van der Waals surface area contributed by atoms with E-state index in [1.165, 1.54) is 19.2 Å². The molecule has 0 bridgehead atoms.